The second kappa shape index (κ2) is 10.4. The first-order chi connectivity index (χ1) is 14.4. The molecular formula is C24H32N4O2. The standard InChI is InChI=1S/C24H32N4O2/c1-18-4-8-21(9-5-18)23(25-19(2)29)16-24(30)26-22-10-6-20(7-11-22)17-28-14-12-27(3)13-15-28/h4-11,23H,12-17H2,1-3H3,(H,25,29)(H,26,30). The van der Waals surface area contributed by atoms with Gasteiger partial charge in [0.25, 0.3) is 0 Å². The molecule has 0 spiro atoms. The number of rotatable bonds is 7. The van der Waals surface area contributed by atoms with Crippen LogP contribution in [0.2, 0.25) is 0 Å². The van der Waals surface area contributed by atoms with Crippen molar-refractivity contribution in [1.82, 2.24) is 15.1 Å². The molecule has 160 valence electrons. The number of aryl methyl sites for hydroxylation is 1. The quantitative estimate of drug-likeness (QED) is 0.739. The predicted molar refractivity (Wildman–Crippen MR) is 120 cm³/mol. The van der Waals surface area contributed by atoms with Crippen LogP contribution < -0.4 is 10.6 Å². The van der Waals surface area contributed by atoms with Crippen LogP contribution in [0, 0.1) is 6.92 Å². The second-order valence-electron chi connectivity index (χ2n) is 8.19. The van der Waals surface area contributed by atoms with Crippen molar-refractivity contribution in [1.29, 1.82) is 0 Å². The molecule has 1 atom stereocenters. The van der Waals surface area contributed by atoms with Crippen LogP contribution >= 0.6 is 0 Å². The molecule has 6 nitrogen and oxygen atoms in total. The Kier molecular flexibility index (Phi) is 7.60. The molecule has 1 unspecified atom stereocenters. The summed E-state index contributed by atoms with van der Waals surface area (Å²) in [5.74, 6) is -0.275. The third kappa shape index (κ3) is 6.68. The highest BCUT2D eigenvalue weighted by Crippen LogP contribution is 2.19. The Morgan fingerprint density at radius 2 is 1.60 bits per heavy atom. The minimum Gasteiger partial charge on any atom is -0.349 e. The molecule has 6 heteroatoms. The summed E-state index contributed by atoms with van der Waals surface area (Å²) in [5.41, 5.74) is 4.08. The lowest BCUT2D eigenvalue weighted by Crippen LogP contribution is -2.43. The number of amides is 2. The van der Waals surface area contributed by atoms with Crippen molar-refractivity contribution in [2.24, 2.45) is 0 Å². The average Bonchev–Trinajstić information content (AvgIpc) is 2.71. The van der Waals surface area contributed by atoms with Gasteiger partial charge < -0.3 is 15.5 Å². The van der Waals surface area contributed by atoms with E-state index in [0.29, 0.717) is 0 Å². The average molecular weight is 409 g/mol. The van der Waals surface area contributed by atoms with Gasteiger partial charge in [0.15, 0.2) is 0 Å². The summed E-state index contributed by atoms with van der Waals surface area (Å²) in [7, 11) is 2.16. The van der Waals surface area contributed by atoms with E-state index in [0.717, 1.165) is 49.5 Å². The number of likely N-dealkylation sites (N-methyl/N-ethyl adjacent to an activating group) is 1. The first-order valence-electron chi connectivity index (χ1n) is 10.5. The largest absolute Gasteiger partial charge is 0.349 e. The second-order valence-corrected chi connectivity index (χ2v) is 8.19. The van der Waals surface area contributed by atoms with Crippen LogP contribution in [-0.4, -0.2) is 54.8 Å². The molecule has 0 bridgehead atoms. The molecule has 2 aromatic rings. The maximum atomic E-state index is 12.6. The fourth-order valence-corrected chi connectivity index (χ4v) is 3.65. The summed E-state index contributed by atoms with van der Waals surface area (Å²) in [6.07, 6.45) is 0.186. The number of carbonyl (C=O) groups is 2. The van der Waals surface area contributed by atoms with Gasteiger partial charge in [-0.3, -0.25) is 14.5 Å². The molecule has 1 aliphatic rings. The third-order valence-corrected chi connectivity index (χ3v) is 5.49. The number of benzene rings is 2. The topological polar surface area (TPSA) is 64.7 Å². The fourth-order valence-electron chi connectivity index (χ4n) is 3.65. The molecule has 3 rings (SSSR count). The normalized spacial score (nSPS) is 16.1. The molecule has 2 amide bonds. The number of hydrogen-bond donors (Lipinski definition) is 2. The van der Waals surface area contributed by atoms with Crippen molar-refractivity contribution in [3.63, 3.8) is 0 Å². The summed E-state index contributed by atoms with van der Waals surface area (Å²) < 4.78 is 0. The van der Waals surface area contributed by atoms with E-state index in [1.165, 1.54) is 12.5 Å². The Labute approximate surface area is 179 Å². The molecule has 1 saturated heterocycles. The van der Waals surface area contributed by atoms with E-state index in [4.69, 9.17) is 0 Å². The first kappa shape index (κ1) is 22.0. The lowest BCUT2D eigenvalue weighted by atomic mass is 10.0. The van der Waals surface area contributed by atoms with E-state index in [9.17, 15) is 9.59 Å². The maximum Gasteiger partial charge on any atom is 0.226 e. The van der Waals surface area contributed by atoms with E-state index in [1.807, 2.05) is 43.3 Å². The molecule has 2 N–H and O–H groups in total. The summed E-state index contributed by atoms with van der Waals surface area (Å²) >= 11 is 0. The van der Waals surface area contributed by atoms with E-state index in [1.54, 1.807) is 0 Å². The molecule has 2 aromatic carbocycles. The highest BCUT2D eigenvalue weighted by Gasteiger charge is 2.18. The van der Waals surface area contributed by atoms with Crippen molar-refractivity contribution in [2.45, 2.75) is 32.9 Å². The Balaban J connectivity index is 1.56. The van der Waals surface area contributed by atoms with E-state index in [2.05, 4.69) is 39.6 Å². The van der Waals surface area contributed by atoms with E-state index >= 15 is 0 Å². The number of hydrogen-bond acceptors (Lipinski definition) is 4. The van der Waals surface area contributed by atoms with Gasteiger partial charge in [0.05, 0.1) is 12.5 Å². The third-order valence-electron chi connectivity index (χ3n) is 5.49. The van der Waals surface area contributed by atoms with Gasteiger partial charge in [0.2, 0.25) is 11.8 Å². The SMILES string of the molecule is CC(=O)NC(CC(=O)Nc1ccc(CN2CCN(C)CC2)cc1)c1ccc(C)cc1. The van der Waals surface area contributed by atoms with Gasteiger partial charge in [0.1, 0.15) is 0 Å². The molecule has 1 heterocycles. The van der Waals surface area contributed by atoms with Gasteiger partial charge in [-0.1, -0.05) is 42.0 Å². The Bertz CT molecular complexity index is 841. The van der Waals surface area contributed by atoms with Gasteiger partial charge in [-0.25, -0.2) is 0 Å². The minimum absolute atomic E-state index is 0.124. The molecule has 0 radical (unpaired) electrons. The van der Waals surface area contributed by atoms with Gasteiger partial charge in [-0.2, -0.15) is 0 Å². The summed E-state index contributed by atoms with van der Waals surface area (Å²) in [5, 5.41) is 5.83. The predicted octanol–water partition coefficient (Wildman–Crippen LogP) is 2.95. The van der Waals surface area contributed by atoms with Crippen LogP contribution in [0.3, 0.4) is 0 Å². The lowest BCUT2D eigenvalue weighted by molar-refractivity contribution is -0.120. The van der Waals surface area contributed by atoms with Crippen molar-refractivity contribution >= 4 is 17.5 Å². The summed E-state index contributed by atoms with van der Waals surface area (Å²) in [6.45, 7) is 8.78. The number of nitrogens with zero attached hydrogens (tertiary/aromatic N) is 2. The van der Waals surface area contributed by atoms with Crippen LogP contribution in [0.25, 0.3) is 0 Å². The molecular weight excluding hydrogens is 376 g/mol. The number of nitrogens with one attached hydrogen (secondary N) is 2. The number of carbonyl (C=O) groups excluding carboxylic acids is 2. The van der Waals surface area contributed by atoms with Crippen LogP contribution in [0.4, 0.5) is 5.69 Å². The van der Waals surface area contributed by atoms with Gasteiger partial charge in [-0.05, 0) is 37.2 Å². The zero-order valence-corrected chi connectivity index (χ0v) is 18.1. The van der Waals surface area contributed by atoms with Crippen molar-refractivity contribution in [3.05, 3.63) is 65.2 Å². The van der Waals surface area contributed by atoms with Crippen molar-refractivity contribution in [2.75, 3.05) is 38.5 Å². The number of piperazine rings is 1. The monoisotopic (exact) mass is 408 g/mol. The molecule has 0 saturated carbocycles. The summed E-state index contributed by atoms with van der Waals surface area (Å²) in [4.78, 5) is 29.0. The van der Waals surface area contributed by atoms with E-state index in [-0.39, 0.29) is 24.3 Å². The fraction of sp³-hybridized carbons (Fsp3) is 0.417. The number of anilines is 1. The Morgan fingerprint density at radius 1 is 0.967 bits per heavy atom. The first-order valence-corrected chi connectivity index (χ1v) is 10.5. The van der Waals surface area contributed by atoms with Crippen molar-refractivity contribution < 1.29 is 9.59 Å². The zero-order chi connectivity index (χ0) is 21.5. The smallest absolute Gasteiger partial charge is 0.226 e. The molecule has 1 fully saturated rings. The molecule has 30 heavy (non-hydrogen) atoms. The Hall–Kier alpha value is -2.70. The van der Waals surface area contributed by atoms with Gasteiger partial charge in [-0.15, -0.1) is 0 Å². The van der Waals surface area contributed by atoms with Crippen LogP contribution in [0.1, 0.15) is 36.1 Å². The summed E-state index contributed by atoms with van der Waals surface area (Å²) in [6, 6.07) is 15.6. The minimum atomic E-state index is -0.348. The van der Waals surface area contributed by atoms with Crippen LogP contribution in [-0.2, 0) is 16.1 Å². The molecule has 1 aliphatic heterocycles. The highest BCUT2D eigenvalue weighted by atomic mass is 16.2. The lowest BCUT2D eigenvalue weighted by Gasteiger charge is -2.32. The van der Waals surface area contributed by atoms with Gasteiger partial charge in [0, 0.05) is 45.3 Å². The zero-order valence-electron chi connectivity index (χ0n) is 18.1. The maximum absolute atomic E-state index is 12.6. The highest BCUT2D eigenvalue weighted by molar-refractivity contribution is 5.91. The molecule has 0 aromatic heterocycles. The Morgan fingerprint density at radius 3 is 2.20 bits per heavy atom. The molecule has 0 aliphatic carbocycles. The van der Waals surface area contributed by atoms with Gasteiger partial charge >= 0.3 is 0 Å². The van der Waals surface area contributed by atoms with E-state index < -0.39 is 0 Å². The van der Waals surface area contributed by atoms with Crippen LogP contribution in [0.5, 0.6) is 0 Å². The van der Waals surface area contributed by atoms with Crippen LogP contribution in [0.15, 0.2) is 48.5 Å². The van der Waals surface area contributed by atoms with Crippen molar-refractivity contribution in [3.8, 4) is 0 Å².